The minimum atomic E-state index is -0.381. The smallest absolute Gasteiger partial charge is 0.141 e. The highest BCUT2D eigenvalue weighted by molar-refractivity contribution is 6.30. The van der Waals surface area contributed by atoms with Gasteiger partial charge in [0.05, 0.1) is 5.02 Å². The molecule has 1 nitrogen and oxygen atoms in total. The second kappa shape index (κ2) is 5.62. The van der Waals surface area contributed by atoms with Crippen LogP contribution in [0.2, 0.25) is 5.02 Å². The molecule has 0 radical (unpaired) electrons. The summed E-state index contributed by atoms with van der Waals surface area (Å²) in [7, 11) is 0. The molecular weight excluding hydrogens is 261 g/mol. The van der Waals surface area contributed by atoms with Gasteiger partial charge in [-0.1, -0.05) is 35.4 Å². The van der Waals surface area contributed by atoms with E-state index >= 15 is 0 Å². The normalized spacial score (nSPS) is 10.6. The molecule has 19 heavy (non-hydrogen) atoms. The van der Waals surface area contributed by atoms with E-state index in [1.165, 1.54) is 22.8 Å². The Kier molecular flexibility index (Phi) is 4.11. The average Bonchev–Trinajstić information content (AvgIpc) is 2.32. The number of nitrogens with one attached hydrogen (secondary N) is 1. The Labute approximate surface area is 118 Å². The van der Waals surface area contributed by atoms with Gasteiger partial charge in [0.25, 0.3) is 0 Å². The summed E-state index contributed by atoms with van der Waals surface area (Å²) in [4.78, 5) is 0. The summed E-state index contributed by atoms with van der Waals surface area (Å²) in [6, 6.07) is 9.09. The van der Waals surface area contributed by atoms with Gasteiger partial charge < -0.3 is 5.32 Å². The summed E-state index contributed by atoms with van der Waals surface area (Å²) in [6.45, 7) is 6.88. The minimum Gasteiger partial charge on any atom is -0.381 e. The van der Waals surface area contributed by atoms with Gasteiger partial charge in [-0.15, -0.1) is 0 Å². The lowest BCUT2D eigenvalue weighted by atomic mass is 10.0. The second-order valence-electron chi connectivity index (χ2n) is 4.88. The highest BCUT2D eigenvalue weighted by atomic mass is 35.5. The fourth-order valence-corrected chi connectivity index (χ4v) is 2.50. The molecule has 0 bridgehead atoms. The number of rotatable bonds is 3. The minimum absolute atomic E-state index is 0.164. The van der Waals surface area contributed by atoms with E-state index in [9.17, 15) is 4.39 Å². The number of benzene rings is 2. The number of hydrogen-bond acceptors (Lipinski definition) is 1. The molecule has 0 aliphatic rings. The third-order valence-corrected chi connectivity index (χ3v) is 3.42. The molecule has 0 fully saturated rings. The van der Waals surface area contributed by atoms with Crippen molar-refractivity contribution in [3.63, 3.8) is 0 Å². The van der Waals surface area contributed by atoms with E-state index in [1.54, 1.807) is 12.1 Å². The Morgan fingerprint density at radius 2 is 1.68 bits per heavy atom. The van der Waals surface area contributed by atoms with Crippen molar-refractivity contribution in [2.45, 2.75) is 27.3 Å². The van der Waals surface area contributed by atoms with Crippen LogP contribution in [0, 0.1) is 26.6 Å². The lowest BCUT2D eigenvalue weighted by molar-refractivity contribution is 0.627. The zero-order valence-electron chi connectivity index (χ0n) is 11.3. The van der Waals surface area contributed by atoms with Gasteiger partial charge in [-0.2, -0.15) is 0 Å². The maximum absolute atomic E-state index is 13.1. The van der Waals surface area contributed by atoms with E-state index in [2.05, 4.69) is 38.2 Å². The first-order valence-corrected chi connectivity index (χ1v) is 6.61. The predicted octanol–water partition coefficient (Wildman–Crippen LogP) is 5.02. The number of hydrogen-bond donors (Lipinski definition) is 1. The van der Waals surface area contributed by atoms with Crippen molar-refractivity contribution in [2.75, 3.05) is 5.32 Å². The Morgan fingerprint density at radius 1 is 1.05 bits per heavy atom. The van der Waals surface area contributed by atoms with Crippen molar-refractivity contribution in [1.29, 1.82) is 0 Å². The zero-order valence-corrected chi connectivity index (χ0v) is 12.1. The highest BCUT2D eigenvalue weighted by Crippen LogP contribution is 2.23. The third-order valence-electron chi connectivity index (χ3n) is 3.13. The maximum Gasteiger partial charge on any atom is 0.141 e. The Bertz CT molecular complexity index is 585. The predicted molar refractivity (Wildman–Crippen MR) is 79.4 cm³/mol. The van der Waals surface area contributed by atoms with Crippen LogP contribution in [-0.2, 0) is 6.54 Å². The van der Waals surface area contributed by atoms with Gasteiger partial charge in [-0.05, 0) is 49.6 Å². The lowest BCUT2D eigenvalue weighted by Crippen LogP contribution is -2.03. The quantitative estimate of drug-likeness (QED) is 0.831. The molecule has 0 aliphatic heterocycles. The van der Waals surface area contributed by atoms with Crippen LogP contribution < -0.4 is 5.32 Å². The standard InChI is InChI=1S/C16H17ClFN/c1-10-6-11(2)16(12(3)7-10)19-9-13-4-5-15(18)14(17)8-13/h4-8,19H,9H2,1-3H3. The fourth-order valence-electron chi connectivity index (χ4n) is 2.30. The largest absolute Gasteiger partial charge is 0.381 e. The van der Waals surface area contributed by atoms with E-state index in [0.29, 0.717) is 6.54 Å². The van der Waals surface area contributed by atoms with Crippen LogP contribution in [0.4, 0.5) is 10.1 Å². The molecule has 2 aromatic carbocycles. The zero-order chi connectivity index (χ0) is 14.0. The van der Waals surface area contributed by atoms with Gasteiger partial charge >= 0.3 is 0 Å². The van der Waals surface area contributed by atoms with Crippen LogP contribution in [0.1, 0.15) is 22.3 Å². The van der Waals surface area contributed by atoms with Crippen LogP contribution in [-0.4, -0.2) is 0 Å². The van der Waals surface area contributed by atoms with Crippen molar-refractivity contribution in [3.8, 4) is 0 Å². The van der Waals surface area contributed by atoms with Crippen molar-refractivity contribution in [3.05, 3.63) is 63.4 Å². The fraction of sp³-hybridized carbons (Fsp3) is 0.250. The molecule has 0 saturated heterocycles. The van der Waals surface area contributed by atoms with Crippen LogP contribution in [0.3, 0.4) is 0 Å². The van der Waals surface area contributed by atoms with Gasteiger partial charge in [-0.25, -0.2) is 4.39 Å². The molecule has 0 heterocycles. The summed E-state index contributed by atoms with van der Waals surface area (Å²) in [5.41, 5.74) is 5.78. The van der Waals surface area contributed by atoms with E-state index < -0.39 is 0 Å². The first kappa shape index (κ1) is 13.9. The molecule has 3 heteroatoms. The van der Waals surface area contributed by atoms with Crippen LogP contribution in [0.25, 0.3) is 0 Å². The molecule has 2 aromatic rings. The van der Waals surface area contributed by atoms with Gasteiger partial charge in [-0.3, -0.25) is 0 Å². The van der Waals surface area contributed by atoms with Gasteiger partial charge in [0, 0.05) is 12.2 Å². The van der Waals surface area contributed by atoms with Gasteiger partial charge in [0.2, 0.25) is 0 Å². The van der Waals surface area contributed by atoms with E-state index in [4.69, 9.17) is 11.6 Å². The van der Waals surface area contributed by atoms with Crippen molar-refractivity contribution in [2.24, 2.45) is 0 Å². The Balaban J connectivity index is 2.16. The number of aryl methyl sites for hydroxylation is 3. The highest BCUT2D eigenvalue weighted by Gasteiger charge is 2.05. The van der Waals surface area contributed by atoms with Gasteiger partial charge in [0.15, 0.2) is 0 Å². The SMILES string of the molecule is Cc1cc(C)c(NCc2ccc(F)c(Cl)c2)c(C)c1. The van der Waals surface area contributed by atoms with E-state index in [1.807, 2.05) is 0 Å². The van der Waals surface area contributed by atoms with Crippen molar-refractivity contribution in [1.82, 2.24) is 0 Å². The van der Waals surface area contributed by atoms with E-state index in [-0.39, 0.29) is 10.8 Å². The molecule has 0 spiro atoms. The summed E-state index contributed by atoms with van der Waals surface area (Å²) >= 11 is 5.78. The van der Waals surface area contributed by atoms with Crippen LogP contribution in [0.15, 0.2) is 30.3 Å². The summed E-state index contributed by atoms with van der Waals surface area (Å²) in [5.74, 6) is -0.381. The first-order chi connectivity index (χ1) is 8.97. The molecule has 0 aromatic heterocycles. The average molecular weight is 278 g/mol. The molecule has 0 atom stereocenters. The topological polar surface area (TPSA) is 12.0 Å². The molecule has 0 unspecified atom stereocenters. The number of halogens is 2. The molecule has 0 aliphatic carbocycles. The maximum atomic E-state index is 13.1. The molecule has 100 valence electrons. The first-order valence-electron chi connectivity index (χ1n) is 6.23. The number of anilines is 1. The molecule has 0 saturated carbocycles. The van der Waals surface area contributed by atoms with Crippen molar-refractivity contribution >= 4 is 17.3 Å². The molecule has 2 rings (SSSR count). The van der Waals surface area contributed by atoms with Crippen LogP contribution >= 0.6 is 11.6 Å². The molecule has 0 amide bonds. The van der Waals surface area contributed by atoms with Crippen LogP contribution in [0.5, 0.6) is 0 Å². The molecular formula is C16H17ClFN. The van der Waals surface area contributed by atoms with Crippen molar-refractivity contribution < 1.29 is 4.39 Å². The summed E-state index contributed by atoms with van der Waals surface area (Å²) < 4.78 is 13.1. The van der Waals surface area contributed by atoms with E-state index in [0.717, 1.165) is 11.3 Å². The second-order valence-corrected chi connectivity index (χ2v) is 5.28. The van der Waals surface area contributed by atoms with Gasteiger partial charge in [0.1, 0.15) is 5.82 Å². The Morgan fingerprint density at radius 3 is 2.26 bits per heavy atom. The monoisotopic (exact) mass is 277 g/mol. The lowest BCUT2D eigenvalue weighted by Gasteiger charge is -2.14. The molecule has 1 N–H and O–H groups in total. The Hall–Kier alpha value is -1.54. The summed E-state index contributed by atoms with van der Waals surface area (Å²) in [5, 5.41) is 3.55. The third kappa shape index (κ3) is 3.27. The summed E-state index contributed by atoms with van der Waals surface area (Å²) in [6.07, 6.45) is 0.